The van der Waals surface area contributed by atoms with Gasteiger partial charge in [-0.1, -0.05) is 0 Å². The molecule has 0 aliphatic carbocycles. The summed E-state index contributed by atoms with van der Waals surface area (Å²) in [7, 11) is -3.48. The molecule has 0 unspecified atom stereocenters. The van der Waals surface area contributed by atoms with Crippen molar-refractivity contribution >= 4 is 21.4 Å². The van der Waals surface area contributed by atoms with E-state index in [0.717, 1.165) is 12.1 Å². The molecule has 0 fully saturated rings. The lowest BCUT2D eigenvalue weighted by atomic mass is 10.3. The van der Waals surface area contributed by atoms with Crippen molar-refractivity contribution in [2.75, 3.05) is 6.54 Å². The van der Waals surface area contributed by atoms with Crippen LogP contribution in [0.1, 0.15) is 16.9 Å². The lowest BCUT2D eigenvalue weighted by Gasteiger charge is -2.08. The Morgan fingerprint density at radius 1 is 1.50 bits per heavy atom. The SMILES string of the molecule is Cc1csc(CN)c1S(=O)(=O)NCCCn1ccnc1. The molecule has 2 aromatic heterocycles. The first-order valence-corrected chi connectivity index (χ1v) is 8.63. The molecular formula is C12H18N4O2S2. The molecule has 6 nitrogen and oxygen atoms in total. The van der Waals surface area contributed by atoms with E-state index < -0.39 is 10.0 Å². The second-order valence-corrected chi connectivity index (χ2v) is 7.09. The zero-order valence-electron chi connectivity index (χ0n) is 11.2. The van der Waals surface area contributed by atoms with Crippen LogP contribution in [0, 0.1) is 6.92 Å². The molecule has 110 valence electrons. The Morgan fingerprint density at radius 3 is 2.95 bits per heavy atom. The van der Waals surface area contributed by atoms with Gasteiger partial charge < -0.3 is 10.3 Å². The maximum Gasteiger partial charge on any atom is 0.241 e. The average molecular weight is 314 g/mol. The minimum Gasteiger partial charge on any atom is -0.337 e. The van der Waals surface area contributed by atoms with Gasteiger partial charge in [0.15, 0.2) is 0 Å². The first-order valence-electron chi connectivity index (χ1n) is 6.27. The fraction of sp³-hybridized carbons (Fsp3) is 0.417. The second-order valence-electron chi connectivity index (χ2n) is 4.43. The predicted molar refractivity (Wildman–Crippen MR) is 79.0 cm³/mol. The number of aryl methyl sites for hydroxylation is 2. The quantitative estimate of drug-likeness (QED) is 0.748. The molecule has 2 rings (SSSR count). The Labute approximate surface area is 122 Å². The molecule has 0 atom stereocenters. The van der Waals surface area contributed by atoms with E-state index in [-0.39, 0.29) is 6.54 Å². The highest BCUT2D eigenvalue weighted by Gasteiger charge is 2.21. The number of sulfonamides is 1. The summed E-state index contributed by atoms with van der Waals surface area (Å²) in [5.74, 6) is 0. The standard InChI is InChI=1S/C12H18N4O2S2/c1-10-8-19-11(7-13)12(10)20(17,18)15-3-2-5-16-6-4-14-9-16/h4,6,8-9,15H,2-3,5,7,13H2,1H3. The van der Waals surface area contributed by atoms with E-state index in [4.69, 9.17) is 5.73 Å². The molecule has 8 heteroatoms. The van der Waals surface area contributed by atoms with Gasteiger partial charge in [0.2, 0.25) is 10.0 Å². The zero-order valence-corrected chi connectivity index (χ0v) is 12.9. The molecule has 2 heterocycles. The van der Waals surface area contributed by atoms with Crippen molar-refractivity contribution in [2.45, 2.75) is 31.3 Å². The summed E-state index contributed by atoms with van der Waals surface area (Å²) in [4.78, 5) is 4.98. The number of imidazole rings is 1. The van der Waals surface area contributed by atoms with Crippen LogP contribution in [0.15, 0.2) is 29.0 Å². The van der Waals surface area contributed by atoms with Gasteiger partial charge in [-0.25, -0.2) is 18.1 Å². The van der Waals surface area contributed by atoms with Crippen LogP contribution in [-0.2, 0) is 23.1 Å². The van der Waals surface area contributed by atoms with E-state index >= 15 is 0 Å². The average Bonchev–Trinajstić information content (AvgIpc) is 3.03. The summed E-state index contributed by atoms with van der Waals surface area (Å²) < 4.78 is 29.1. The highest BCUT2D eigenvalue weighted by atomic mass is 32.2. The van der Waals surface area contributed by atoms with Gasteiger partial charge in [-0.15, -0.1) is 11.3 Å². The van der Waals surface area contributed by atoms with Crippen LogP contribution in [0.25, 0.3) is 0 Å². The summed E-state index contributed by atoms with van der Waals surface area (Å²) in [6, 6.07) is 0. The molecule has 20 heavy (non-hydrogen) atoms. The molecule has 0 saturated heterocycles. The molecule has 0 aliphatic heterocycles. The van der Waals surface area contributed by atoms with Gasteiger partial charge in [0.1, 0.15) is 4.90 Å². The lowest BCUT2D eigenvalue weighted by Crippen LogP contribution is -2.26. The third-order valence-corrected chi connectivity index (χ3v) is 5.83. The van der Waals surface area contributed by atoms with Crippen LogP contribution in [-0.4, -0.2) is 24.5 Å². The Kier molecular flexibility index (Phi) is 4.92. The first-order chi connectivity index (χ1) is 9.54. The van der Waals surface area contributed by atoms with Crippen LogP contribution in [0.5, 0.6) is 0 Å². The lowest BCUT2D eigenvalue weighted by molar-refractivity contribution is 0.569. The van der Waals surface area contributed by atoms with Gasteiger partial charge in [-0.05, 0) is 24.3 Å². The summed E-state index contributed by atoms with van der Waals surface area (Å²) in [6.45, 7) is 3.15. The van der Waals surface area contributed by atoms with E-state index in [0.29, 0.717) is 22.7 Å². The van der Waals surface area contributed by atoms with Crippen LogP contribution in [0.4, 0.5) is 0 Å². The monoisotopic (exact) mass is 314 g/mol. The van der Waals surface area contributed by atoms with Gasteiger partial charge in [-0.3, -0.25) is 0 Å². The Morgan fingerprint density at radius 2 is 2.30 bits per heavy atom. The van der Waals surface area contributed by atoms with Gasteiger partial charge in [0.05, 0.1) is 6.33 Å². The molecule has 2 aromatic rings. The summed E-state index contributed by atoms with van der Waals surface area (Å²) in [5.41, 5.74) is 6.34. The van der Waals surface area contributed by atoms with Crippen LogP contribution < -0.4 is 10.5 Å². The fourth-order valence-corrected chi connectivity index (χ4v) is 4.72. The molecule has 0 aliphatic rings. The number of thiophene rings is 1. The molecule has 0 amide bonds. The molecule has 0 saturated carbocycles. The Hall–Kier alpha value is -1.22. The third-order valence-electron chi connectivity index (χ3n) is 2.89. The number of nitrogens with one attached hydrogen (secondary N) is 1. The van der Waals surface area contributed by atoms with E-state index in [9.17, 15) is 8.42 Å². The Balaban J connectivity index is 1.95. The predicted octanol–water partition coefficient (Wildman–Crippen LogP) is 1.08. The third kappa shape index (κ3) is 3.45. The zero-order chi connectivity index (χ0) is 14.6. The van der Waals surface area contributed by atoms with Crippen molar-refractivity contribution in [3.05, 3.63) is 34.5 Å². The summed E-state index contributed by atoms with van der Waals surface area (Å²) >= 11 is 1.38. The molecule has 3 N–H and O–H groups in total. The number of nitrogens with two attached hydrogens (primary N) is 1. The van der Waals surface area contributed by atoms with Crippen molar-refractivity contribution in [1.82, 2.24) is 14.3 Å². The maximum atomic E-state index is 12.3. The van der Waals surface area contributed by atoms with Crippen molar-refractivity contribution in [3.8, 4) is 0 Å². The normalized spacial score (nSPS) is 11.9. The highest BCUT2D eigenvalue weighted by Crippen LogP contribution is 2.26. The number of nitrogens with zero attached hydrogens (tertiary/aromatic N) is 2. The summed E-state index contributed by atoms with van der Waals surface area (Å²) in [6.07, 6.45) is 5.97. The van der Waals surface area contributed by atoms with Gasteiger partial charge >= 0.3 is 0 Å². The van der Waals surface area contributed by atoms with Crippen molar-refractivity contribution in [1.29, 1.82) is 0 Å². The van der Waals surface area contributed by atoms with Gasteiger partial charge in [0, 0.05) is 36.9 Å². The maximum absolute atomic E-state index is 12.3. The largest absolute Gasteiger partial charge is 0.337 e. The molecule has 0 radical (unpaired) electrons. The topological polar surface area (TPSA) is 90.0 Å². The van der Waals surface area contributed by atoms with E-state index in [1.54, 1.807) is 19.4 Å². The highest BCUT2D eigenvalue weighted by molar-refractivity contribution is 7.89. The molecule has 0 spiro atoms. The van der Waals surface area contributed by atoms with Gasteiger partial charge in [0.25, 0.3) is 0 Å². The van der Waals surface area contributed by atoms with Gasteiger partial charge in [-0.2, -0.15) is 0 Å². The van der Waals surface area contributed by atoms with Crippen molar-refractivity contribution in [2.24, 2.45) is 5.73 Å². The number of hydrogen-bond donors (Lipinski definition) is 2. The summed E-state index contributed by atoms with van der Waals surface area (Å²) in [5, 5.41) is 1.82. The van der Waals surface area contributed by atoms with Crippen LogP contribution in [0.3, 0.4) is 0 Å². The van der Waals surface area contributed by atoms with Crippen molar-refractivity contribution < 1.29 is 8.42 Å². The first kappa shape index (κ1) is 15.2. The molecule has 0 aromatic carbocycles. The van der Waals surface area contributed by atoms with E-state index in [1.807, 2.05) is 16.1 Å². The minimum atomic E-state index is -3.48. The molecular weight excluding hydrogens is 296 g/mol. The van der Waals surface area contributed by atoms with Crippen LogP contribution >= 0.6 is 11.3 Å². The molecule has 0 bridgehead atoms. The van der Waals surface area contributed by atoms with Crippen molar-refractivity contribution in [3.63, 3.8) is 0 Å². The Bertz CT molecular complexity index is 647. The number of aromatic nitrogens is 2. The van der Waals surface area contributed by atoms with E-state index in [1.165, 1.54) is 11.3 Å². The minimum absolute atomic E-state index is 0.240. The number of rotatable bonds is 7. The second kappa shape index (κ2) is 6.49. The number of hydrogen-bond acceptors (Lipinski definition) is 5. The van der Waals surface area contributed by atoms with Crippen LogP contribution in [0.2, 0.25) is 0 Å². The smallest absolute Gasteiger partial charge is 0.241 e. The fourth-order valence-electron chi connectivity index (χ4n) is 1.95. The van der Waals surface area contributed by atoms with E-state index in [2.05, 4.69) is 9.71 Å².